The number of esters is 1. The van der Waals surface area contributed by atoms with Gasteiger partial charge in [-0.3, -0.25) is 9.59 Å². The number of methoxy groups -OCH3 is 1. The van der Waals surface area contributed by atoms with E-state index < -0.39 is 36.2 Å². The van der Waals surface area contributed by atoms with Gasteiger partial charge in [-0.15, -0.1) is 0 Å². The molecule has 2 unspecified atom stereocenters. The molecule has 2 N–H and O–H groups in total. The van der Waals surface area contributed by atoms with Crippen molar-refractivity contribution in [2.45, 2.75) is 25.6 Å². The van der Waals surface area contributed by atoms with Crippen molar-refractivity contribution in [2.75, 3.05) is 7.11 Å². The molecule has 19 heavy (non-hydrogen) atoms. The maximum atomic E-state index is 13.9. The molecule has 1 rings (SSSR count). The summed E-state index contributed by atoms with van der Waals surface area (Å²) in [5.74, 6) is -2.12. The van der Waals surface area contributed by atoms with Gasteiger partial charge in [0.1, 0.15) is 11.9 Å². The summed E-state index contributed by atoms with van der Waals surface area (Å²) < 4.78 is 18.3. The maximum Gasteiger partial charge on any atom is 0.308 e. The third-order valence-corrected chi connectivity index (χ3v) is 2.69. The number of ether oxygens (including phenoxy) is 1. The first-order chi connectivity index (χ1) is 8.88. The number of rotatable bonds is 5. The van der Waals surface area contributed by atoms with Gasteiger partial charge in [0, 0.05) is 5.56 Å². The number of halogens is 1. The number of aliphatic hydroxyl groups is 2. The van der Waals surface area contributed by atoms with Gasteiger partial charge in [-0.2, -0.15) is 0 Å². The molecule has 0 fully saturated rings. The molecule has 0 aliphatic carbocycles. The zero-order chi connectivity index (χ0) is 14.6. The van der Waals surface area contributed by atoms with Crippen LogP contribution in [-0.4, -0.2) is 35.2 Å². The molecular formula is C13H15FO5. The Hall–Kier alpha value is -1.79. The van der Waals surface area contributed by atoms with E-state index >= 15 is 0 Å². The van der Waals surface area contributed by atoms with Crippen molar-refractivity contribution < 1.29 is 28.9 Å². The van der Waals surface area contributed by atoms with Crippen LogP contribution in [0, 0.1) is 5.82 Å². The summed E-state index contributed by atoms with van der Waals surface area (Å²) in [4.78, 5) is 22.2. The first-order valence-corrected chi connectivity index (χ1v) is 5.60. The number of benzene rings is 1. The van der Waals surface area contributed by atoms with E-state index in [9.17, 15) is 24.2 Å². The summed E-state index contributed by atoms with van der Waals surface area (Å²) >= 11 is 0. The summed E-state index contributed by atoms with van der Waals surface area (Å²) in [5, 5.41) is 19.4. The summed E-state index contributed by atoms with van der Waals surface area (Å²) in [6.45, 7) is 1.19. The number of carbonyl (C=O) groups excluding carboxylic acids is 2. The summed E-state index contributed by atoms with van der Waals surface area (Å²) in [6, 6.07) is 3.91. The van der Waals surface area contributed by atoms with Crippen LogP contribution in [0.3, 0.4) is 0 Å². The smallest absolute Gasteiger partial charge is 0.308 e. The van der Waals surface area contributed by atoms with Crippen LogP contribution in [0.4, 0.5) is 4.39 Å². The molecule has 0 radical (unpaired) electrons. The van der Waals surface area contributed by atoms with Crippen LogP contribution in [-0.2, 0) is 9.53 Å². The predicted octanol–water partition coefficient (Wildman–Crippen LogP) is 0.986. The van der Waals surface area contributed by atoms with Crippen molar-refractivity contribution in [1.82, 2.24) is 0 Å². The highest BCUT2D eigenvalue weighted by molar-refractivity contribution is 5.94. The number of aliphatic hydroxyl groups excluding tert-OH is 2. The van der Waals surface area contributed by atoms with Crippen molar-refractivity contribution >= 4 is 11.8 Å². The van der Waals surface area contributed by atoms with E-state index in [1.807, 2.05) is 0 Å². The molecule has 0 aliphatic heterocycles. The number of ketones is 1. The predicted molar refractivity (Wildman–Crippen MR) is 64.0 cm³/mol. The molecule has 0 spiro atoms. The Morgan fingerprint density at radius 2 is 2.00 bits per heavy atom. The Labute approximate surface area is 109 Å². The normalized spacial score (nSPS) is 13.7. The van der Waals surface area contributed by atoms with E-state index in [0.717, 1.165) is 7.11 Å². The topological polar surface area (TPSA) is 83.8 Å². The van der Waals surface area contributed by atoms with Gasteiger partial charge >= 0.3 is 5.97 Å². The van der Waals surface area contributed by atoms with E-state index in [1.165, 1.54) is 25.1 Å². The van der Waals surface area contributed by atoms with Gasteiger partial charge in [-0.25, -0.2) is 4.39 Å². The number of hydrogen-bond donors (Lipinski definition) is 2. The minimum Gasteiger partial charge on any atom is -0.469 e. The molecule has 0 aromatic heterocycles. The molecule has 104 valence electrons. The van der Waals surface area contributed by atoms with Crippen LogP contribution in [0.5, 0.6) is 0 Å². The first-order valence-electron chi connectivity index (χ1n) is 5.60. The van der Waals surface area contributed by atoms with Gasteiger partial charge in [-0.1, -0.05) is 12.1 Å². The zero-order valence-electron chi connectivity index (χ0n) is 10.6. The minimum absolute atomic E-state index is 0.179. The Kier molecular flexibility index (Phi) is 5.14. The standard InChI is InChI=1S/C13H15FO5/c1-7(15)8-4-3-5-9(12(8)14)13(18)10(16)6-11(17)19-2/h3-5,10,13,16,18H,6H2,1-2H3. The lowest BCUT2D eigenvalue weighted by Crippen LogP contribution is -2.23. The number of hydrogen-bond acceptors (Lipinski definition) is 5. The van der Waals surface area contributed by atoms with Gasteiger partial charge in [0.15, 0.2) is 5.78 Å². The molecule has 6 heteroatoms. The highest BCUT2D eigenvalue weighted by atomic mass is 19.1. The van der Waals surface area contributed by atoms with Gasteiger partial charge in [0.2, 0.25) is 0 Å². The fourth-order valence-electron chi connectivity index (χ4n) is 1.62. The molecule has 1 aromatic rings. The van der Waals surface area contributed by atoms with Gasteiger partial charge < -0.3 is 14.9 Å². The van der Waals surface area contributed by atoms with Crippen LogP contribution in [0.15, 0.2) is 18.2 Å². The van der Waals surface area contributed by atoms with Crippen molar-refractivity contribution in [3.8, 4) is 0 Å². The largest absolute Gasteiger partial charge is 0.469 e. The lowest BCUT2D eigenvalue weighted by molar-refractivity contribution is -0.144. The second kappa shape index (κ2) is 6.40. The Bertz CT molecular complexity index is 486. The summed E-state index contributed by atoms with van der Waals surface area (Å²) in [5.41, 5.74) is -0.411. The molecule has 5 nitrogen and oxygen atoms in total. The van der Waals surface area contributed by atoms with Crippen molar-refractivity contribution in [3.63, 3.8) is 0 Å². The summed E-state index contributed by atoms with van der Waals surface area (Å²) in [7, 11) is 1.14. The molecule has 0 bridgehead atoms. The average molecular weight is 270 g/mol. The van der Waals surface area contributed by atoms with E-state index in [4.69, 9.17) is 0 Å². The van der Waals surface area contributed by atoms with E-state index in [1.54, 1.807) is 0 Å². The first kappa shape index (κ1) is 15.3. The van der Waals surface area contributed by atoms with Crippen LogP contribution >= 0.6 is 0 Å². The molecule has 2 atom stereocenters. The average Bonchev–Trinajstić information content (AvgIpc) is 2.37. The lowest BCUT2D eigenvalue weighted by atomic mass is 9.98. The third kappa shape index (κ3) is 3.59. The Balaban J connectivity index is 2.99. The SMILES string of the molecule is COC(=O)CC(O)C(O)c1cccc(C(C)=O)c1F. The van der Waals surface area contributed by atoms with Gasteiger partial charge in [0.25, 0.3) is 0 Å². The molecule has 0 saturated carbocycles. The minimum atomic E-state index is -1.61. The zero-order valence-corrected chi connectivity index (χ0v) is 10.6. The maximum absolute atomic E-state index is 13.9. The fraction of sp³-hybridized carbons (Fsp3) is 0.385. The Morgan fingerprint density at radius 1 is 1.37 bits per heavy atom. The molecule has 0 saturated heterocycles. The second-order valence-electron chi connectivity index (χ2n) is 4.06. The third-order valence-electron chi connectivity index (χ3n) is 2.69. The van der Waals surface area contributed by atoms with Crippen LogP contribution in [0.1, 0.15) is 35.4 Å². The van der Waals surface area contributed by atoms with Gasteiger partial charge in [-0.05, 0) is 13.0 Å². The molecule has 0 heterocycles. The lowest BCUT2D eigenvalue weighted by Gasteiger charge is -2.18. The molecule has 0 amide bonds. The monoisotopic (exact) mass is 270 g/mol. The van der Waals surface area contributed by atoms with Crippen molar-refractivity contribution in [3.05, 3.63) is 35.1 Å². The number of Topliss-reactive ketones (excluding diaryl/α,β-unsaturated/α-hetero) is 1. The van der Waals surface area contributed by atoms with Crippen LogP contribution in [0.25, 0.3) is 0 Å². The molecule has 1 aromatic carbocycles. The van der Waals surface area contributed by atoms with E-state index in [-0.39, 0.29) is 11.1 Å². The summed E-state index contributed by atoms with van der Waals surface area (Å²) in [6.07, 6.45) is -3.59. The van der Waals surface area contributed by atoms with E-state index in [2.05, 4.69) is 4.74 Å². The second-order valence-corrected chi connectivity index (χ2v) is 4.06. The Morgan fingerprint density at radius 3 is 2.53 bits per heavy atom. The van der Waals surface area contributed by atoms with Crippen LogP contribution in [0.2, 0.25) is 0 Å². The molecule has 0 aliphatic rings. The van der Waals surface area contributed by atoms with Crippen LogP contribution < -0.4 is 0 Å². The highest BCUT2D eigenvalue weighted by Crippen LogP contribution is 2.24. The van der Waals surface area contributed by atoms with E-state index in [0.29, 0.717) is 0 Å². The van der Waals surface area contributed by atoms with Crippen molar-refractivity contribution in [2.24, 2.45) is 0 Å². The molecular weight excluding hydrogens is 255 g/mol. The highest BCUT2D eigenvalue weighted by Gasteiger charge is 2.25. The van der Waals surface area contributed by atoms with Crippen molar-refractivity contribution in [1.29, 1.82) is 0 Å². The quantitative estimate of drug-likeness (QED) is 0.615. The van der Waals surface area contributed by atoms with Gasteiger partial charge in [0.05, 0.1) is 25.2 Å². The fourth-order valence-corrected chi connectivity index (χ4v) is 1.62. The number of carbonyl (C=O) groups is 2.